The maximum atomic E-state index is 12.4. The molecule has 0 aliphatic carbocycles. The summed E-state index contributed by atoms with van der Waals surface area (Å²) in [6.07, 6.45) is 0. The lowest BCUT2D eigenvalue weighted by Gasteiger charge is -2.08. The number of ether oxygens (including phenoxy) is 1. The van der Waals surface area contributed by atoms with E-state index in [9.17, 15) is 14.4 Å². The Balaban J connectivity index is 1.53. The molecule has 3 rings (SSSR count). The lowest BCUT2D eigenvalue weighted by Crippen LogP contribution is -2.20. The zero-order chi connectivity index (χ0) is 19.9. The maximum absolute atomic E-state index is 12.4. The third-order valence-electron chi connectivity index (χ3n) is 3.98. The van der Waals surface area contributed by atoms with E-state index in [0.29, 0.717) is 28.1 Å². The molecule has 6 heteroatoms. The number of carbonyl (C=O) groups is 3. The highest BCUT2D eigenvalue weighted by atomic mass is 16.5. The number of anilines is 1. The Bertz CT molecular complexity index is 981. The second-order valence-corrected chi connectivity index (χ2v) is 6.00. The van der Waals surface area contributed by atoms with Crippen molar-refractivity contribution in [3.8, 4) is 5.75 Å². The minimum atomic E-state index is -0.532. The van der Waals surface area contributed by atoms with Crippen LogP contribution in [0.15, 0.2) is 78.9 Å². The van der Waals surface area contributed by atoms with Crippen molar-refractivity contribution in [2.75, 3.05) is 11.9 Å². The van der Waals surface area contributed by atoms with Crippen LogP contribution < -0.4 is 15.8 Å². The summed E-state index contributed by atoms with van der Waals surface area (Å²) in [6, 6.07) is 21.8. The molecule has 140 valence electrons. The first kappa shape index (κ1) is 18.8. The molecule has 0 aliphatic heterocycles. The highest BCUT2D eigenvalue weighted by molar-refractivity contribution is 6.09. The van der Waals surface area contributed by atoms with E-state index in [0.717, 1.165) is 0 Å². The van der Waals surface area contributed by atoms with Crippen LogP contribution in [0.4, 0.5) is 5.69 Å². The van der Waals surface area contributed by atoms with Crippen LogP contribution in [0.5, 0.6) is 5.75 Å². The van der Waals surface area contributed by atoms with Gasteiger partial charge in [0, 0.05) is 22.4 Å². The molecule has 2 amide bonds. The molecule has 6 nitrogen and oxygen atoms in total. The Morgan fingerprint density at radius 2 is 1.32 bits per heavy atom. The van der Waals surface area contributed by atoms with E-state index >= 15 is 0 Å². The predicted octanol–water partition coefficient (Wildman–Crippen LogP) is 3.03. The quantitative estimate of drug-likeness (QED) is 0.621. The molecule has 0 radical (unpaired) electrons. The Hall–Kier alpha value is -3.93. The Morgan fingerprint density at radius 3 is 1.93 bits per heavy atom. The van der Waals surface area contributed by atoms with Crippen LogP contribution in [0.3, 0.4) is 0 Å². The van der Waals surface area contributed by atoms with Crippen LogP contribution in [0.25, 0.3) is 0 Å². The van der Waals surface area contributed by atoms with E-state index in [2.05, 4.69) is 5.32 Å². The van der Waals surface area contributed by atoms with E-state index in [1.165, 1.54) is 12.1 Å². The van der Waals surface area contributed by atoms with Gasteiger partial charge in [-0.15, -0.1) is 0 Å². The van der Waals surface area contributed by atoms with E-state index in [4.69, 9.17) is 10.5 Å². The standard InChI is InChI=1S/C22H18N2O4/c23-22(27)17-6-10-18(11-7-17)24-20(25)14-28-19-12-8-16(9-13-19)21(26)15-4-2-1-3-5-15/h1-13H,14H2,(H2,23,27)(H,24,25). The Kier molecular flexibility index (Phi) is 5.81. The maximum Gasteiger partial charge on any atom is 0.262 e. The van der Waals surface area contributed by atoms with Gasteiger partial charge in [-0.2, -0.15) is 0 Å². The molecule has 0 spiro atoms. The van der Waals surface area contributed by atoms with Crippen molar-refractivity contribution in [2.45, 2.75) is 0 Å². The summed E-state index contributed by atoms with van der Waals surface area (Å²) in [5.74, 6) is -0.486. The summed E-state index contributed by atoms with van der Waals surface area (Å²) < 4.78 is 5.44. The molecular formula is C22H18N2O4. The molecule has 0 bridgehead atoms. The Morgan fingerprint density at radius 1 is 0.750 bits per heavy atom. The third kappa shape index (κ3) is 4.82. The van der Waals surface area contributed by atoms with Crippen molar-refractivity contribution < 1.29 is 19.1 Å². The fourth-order valence-electron chi connectivity index (χ4n) is 2.52. The first-order valence-electron chi connectivity index (χ1n) is 8.55. The number of ketones is 1. The zero-order valence-corrected chi connectivity index (χ0v) is 14.9. The molecule has 3 aromatic rings. The minimum Gasteiger partial charge on any atom is -0.484 e. The third-order valence-corrected chi connectivity index (χ3v) is 3.98. The summed E-state index contributed by atoms with van der Waals surface area (Å²) >= 11 is 0. The molecule has 0 heterocycles. The summed E-state index contributed by atoms with van der Waals surface area (Å²) in [7, 11) is 0. The van der Waals surface area contributed by atoms with Gasteiger partial charge >= 0.3 is 0 Å². The molecule has 3 N–H and O–H groups in total. The fraction of sp³-hybridized carbons (Fsp3) is 0.0455. The minimum absolute atomic E-state index is 0.0794. The van der Waals surface area contributed by atoms with Crippen molar-refractivity contribution >= 4 is 23.3 Å². The van der Waals surface area contributed by atoms with Gasteiger partial charge in [0.2, 0.25) is 5.91 Å². The summed E-state index contributed by atoms with van der Waals surface area (Å²) in [5.41, 5.74) is 7.21. The highest BCUT2D eigenvalue weighted by Gasteiger charge is 2.09. The van der Waals surface area contributed by atoms with Gasteiger partial charge in [-0.1, -0.05) is 30.3 Å². The molecule has 0 saturated heterocycles. The normalized spacial score (nSPS) is 10.1. The van der Waals surface area contributed by atoms with Gasteiger partial charge in [0.15, 0.2) is 12.4 Å². The van der Waals surface area contributed by atoms with Crippen LogP contribution in [-0.4, -0.2) is 24.2 Å². The van der Waals surface area contributed by atoms with Gasteiger partial charge in [-0.05, 0) is 48.5 Å². The van der Waals surface area contributed by atoms with Crippen LogP contribution in [0.2, 0.25) is 0 Å². The summed E-state index contributed by atoms with van der Waals surface area (Å²) in [5, 5.41) is 2.66. The number of nitrogens with one attached hydrogen (secondary N) is 1. The van der Waals surface area contributed by atoms with Crippen molar-refractivity contribution in [1.29, 1.82) is 0 Å². The fourth-order valence-corrected chi connectivity index (χ4v) is 2.52. The molecule has 0 saturated carbocycles. The van der Waals surface area contributed by atoms with Crippen LogP contribution in [-0.2, 0) is 4.79 Å². The number of hydrogen-bond donors (Lipinski definition) is 2. The van der Waals surface area contributed by atoms with Gasteiger partial charge in [0.25, 0.3) is 5.91 Å². The molecule has 0 atom stereocenters. The van der Waals surface area contributed by atoms with E-state index < -0.39 is 5.91 Å². The molecule has 3 aromatic carbocycles. The molecule has 28 heavy (non-hydrogen) atoms. The number of hydrogen-bond acceptors (Lipinski definition) is 4. The predicted molar refractivity (Wildman–Crippen MR) is 105 cm³/mol. The largest absolute Gasteiger partial charge is 0.484 e. The lowest BCUT2D eigenvalue weighted by atomic mass is 10.0. The van der Waals surface area contributed by atoms with Gasteiger partial charge in [-0.3, -0.25) is 14.4 Å². The summed E-state index contributed by atoms with van der Waals surface area (Å²) in [6.45, 7) is -0.191. The van der Waals surface area contributed by atoms with Gasteiger partial charge < -0.3 is 15.8 Å². The second-order valence-electron chi connectivity index (χ2n) is 6.00. The van der Waals surface area contributed by atoms with Gasteiger partial charge in [0.05, 0.1) is 0 Å². The topological polar surface area (TPSA) is 98.5 Å². The molecule has 0 aromatic heterocycles. The lowest BCUT2D eigenvalue weighted by molar-refractivity contribution is -0.118. The average Bonchev–Trinajstić information content (AvgIpc) is 2.73. The van der Waals surface area contributed by atoms with Crippen molar-refractivity contribution in [3.63, 3.8) is 0 Å². The molecule has 0 aliphatic rings. The highest BCUT2D eigenvalue weighted by Crippen LogP contribution is 2.16. The number of primary amides is 1. The van der Waals surface area contributed by atoms with Crippen molar-refractivity contribution in [1.82, 2.24) is 0 Å². The van der Waals surface area contributed by atoms with Crippen LogP contribution in [0, 0.1) is 0 Å². The number of rotatable bonds is 7. The molecule has 0 unspecified atom stereocenters. The first-order valence-corrected chi connectivity index (χ1v) is 8.55. The zero-order valence-electron chi connectivity index (χ0n) is 14.9. The van der Waals surface area contributed by atoms with Gasteiger partial charge in [0.1, 0.15) is 5.75 Å². The van der Waals surface area contributed by atoms with Gasteiger partial charge in [-0.25, -0.2) is 0 Å². The second kappa shape index (κ2) is 8.64. The SMILES string of the molecule is NC(=O)c1ccc(NC(=O)COc2ccc(C(=O)c3ccccc3)cc2)cc1. The Labute approximate surface area is 161 Å². The number of carbonyl (C=O) groups excluding carboxylic acids is 3. The number of amides is 2. The van der Waals surface area contributed by atoms with E-state index in [-0.39, 0.29) is 18.3 Å². The molecule has 0 fully saturated rings. The summed E-state index contributed by atoms with van der Waals surface area (Å²) in [4.78, 5) is 35.4. The van der Waals surface area contributed by atoms with Crippen molar-refractivity contribution in [3.05, 3.63) is 95.6 Å². The monoisotopic (exact) mass is 374 g/mol. The average molecular weight is 374 g/mol. The smallest absolute Gasteiger partial charge is 0.262 e. The van der Waals surface area contributed by atoms with Crippen molar-refractivity contribution in [2.24, 2.45) is 5.73 Å². The van der Waals surface area contributed by atoms with E-state index in [1.54, 1.807) is 48.5 Å². The van der Waals surface area contributed by atoms with Crippen LogP contribution >= 0.6 is 0 Å². The van der Waals surface area contributed by atoms with E-state index in [1.807, 2.05) is 18.2 Å². The van der Waals surface area contributed by atoms with Crippen LogP contribution in [0.1, 0.15) is 26.3 Å². The molecular weight excluding hydrogens is 356 g/mol. The first-order chi connectivity index (χ1) is 13.5. The number of nitrogens with two attached hydrogens (primary N) is 1. The number of benzene rings is 3.